The van der Waals surface area contributed by atoms with Gasteiger partial charge in [-0.3, -0.25) is 9.59 Å². The van der Waals surface area contributed by atoms with Crippen molar-refractivity contribution in [1.82, 2.24) is 4.90 Å². The highest BCUT2D eigenvalue weighted by Gasteiger charge is 2.15. The Kier molecular flexibility index (Phi) is 10.4. The Balaban J connectivity index is 3.82. The highest BCUT2D eigenvalue weighted by molar-refractivity contribution is 5.93. The molecule has 0 radical (unpaired) electrons. The Morgan fingerprint density at radius 2 is 1.50 bits per heavy atom. The Hall–Kier alpha value is -1.06. The Morgan fingerprint density at radius 3 is 2.06 bits per heavy atom. The number of rotatable bonds is 11. The number of carboxylic acids is 1. The molecule has 4 nitrogen and oxygen atoms in total. The van der Waals surface area contributed by atoms with Gasteiger partial charge in [0.05, 0.1) is 0 Å². The number of nitrogens with zero attached hydrogens (tertiary/aromatic N) is 1. The molecular formula is C14H27NO3. The zero-order chi connectivity index (χ0) is 13.8. The fraction of sp³-hybridized carbons (Fsp3) is 0.857. The summed E-state index contributed by atoms with van der Waals surface area (Å²) in [5.41, 5.74) is 0. The Morgan fingerprint density at radius 1 is 0.889 bits per heavy atom. The molecular weight excluding hydrogens is 230 g/mol. The van der Waals surface area contributed by atoms with Crippen LogP contribution in [-0.4, -0.2) is 35.0 Å². The maximum Gasteiger partial charge on any atom is 0.312 e. The Labute approximate surface area is 110 Å². The van der Waals surface area contributed by atoms with Crippen molar-refractivity contribution in [3.8, 4) is 0 Å². The molecule has 0 aromatic heterocycles. The van der Waals surface area contributed by atoms with Gasteiger partial charge in [-0.05, 0) is 12.8 Å². The fourth-order valence-electron chi connectivity index (χ4n) is 1.96. The molecule has 0 aromatic carbocycles. The van der Waals surface area contributed by atoms with Crippen LogP contribution >= 0.6 is 0 Å². The van der Waals surface area contributed by atoms with E-state index in [4.69, 9.17) is 5.11 Å². The van der Waals surface area contributed by atoms with E-state index in [2.05, 4.69) is 6.92 Å². The van der Waals surface area contributed by atoms with Gasteiger partial charge < -0.3 is 10.0 Å². The number of carbonyl (C=O) groups is 2. The van der Waals surface area contributed by atoms with E-state index in [1.54, 1.807) is 4.90 Å². The molecule has 0 aromatic rings. The summed E-state index contributed by atoms with van der Waals surface area (Å²) in [7, 11) is 0. The van der Waals surface area contributed by atoms with Gasteiger partial charge in [0.2, 0.25) is 5.91 Å². The second-order valence-corrected chi connectivity index (χ2v) is 4.72. The first kappa shape index (κ1) is 16.9. The zero-order valence-corrected chi connectivity index (χ0v) is 11.8. The molecule has 1 amide bonds. The fourth-order valence-corrected chi connectivity index (χ4v) is 1.96. The van der Waals surface area contributed by atoms with Crippen LogP contribution in [0.4, 0.5) is 0 Å². The minimum absolute atomic E-state index is 0.252. The van der Waals surface area contributed by atoms with Crippen molar-refractivity contribution < 1.29 is 14.7 Å². The molecule has 18 heavy (non-hydrogen) atoms. The van der Waals surface area contributed by atoms with Crippen LogP contribution in [-0.2, 0) is 9.59 Å². The molecule has 0 aliphatic heterocycles. The second kappa shape index (κ2) is 11.1. The number of amides is 1. The van der Waals surface area contributed by atoms with E-state index < -0.39 is 5.97 Å². The third-order valence-corrected chi connectivity index (χ3v) is 2.93. The van der Waals surface area contributed by atoms with Gasteiger partial charge in [-0.2, -0.15) is 0 Å². The van der Waals surface area contributed by atoms with Crippen LogP contribution in [0.5, 0.6) is 0 Å². The average Bonchev–Trinajstić information content (AvgIpc) is 2.31. The molecule has 0 unspecified atom stereocenters. The number of hydrogen-bond acceptors (Lipinski definition) is 2. The summed E-state index contributed by atoms with van der Waals surface area (Å²) in [4.78, 5) is 23.9. The van der Waals surface area contributed by atoms with E-state index in [0.29, 0.717) is 13.1 Å². The number of carboxylic acid groups (broad SMARTS) is 1. The first-order valence-corrected chi connectivity index (χ1v) is 7.11. The molecule has 4 heteroatoms. The number of unbranched alkanes of at least 4 members (excludes halogenated alkanes) is 5. The lowest BCUT2D eigenvalue weighted by Crippen LogP contribution is -2.34. The number of hydrogen-bond donors (Lipinski definition) is 1. The van der Waals surface area contributed by atoms with E-state index in [1.165, 1.54) is 25.7 Å². The molecule has 0 rings (SSSR count). The first-order valence-electron chi connectivity index (χ1n) is 7.11. The van der Waals surface area contributed by atoms with Gasteiger partial charge in [0.15, 0.2) is 0 Å². The minimum Gasteiger partial charge on any atom is -0.481 e. The van der Waals surface area contributed by atoms with Gasteiger partial charge in [0.1, 0.15) is 6.42 Å². The number of carbonyl (C=O) groups excluding carboxylic acids is 1. The topological polar surface area (TPSA) is 57.6 Å². The summed E-state index contributed by atoms with van der Waals surface area (Å²) in [5, 5.41) is 8.62. The van der Waals surface area contributed by atoms with E-state index in [-0.39, 0.29) is 12.3 Å². The van der Waals surface area contributed by atoms with Crippen LogP contribution in [0.25, 0.3) is 0 Å². The van der Waals surface area contributed by atoms with Gasteiger partial charge >= 0.3 is 5.97 Å². The van der Waals surface area contributed by atoms with Crippen LogP contribution in [0.15, 0.2) is 0 Å². The lowest BCUT2D eigenvalue weighted by atomic mass is 10.1. The minimum atomic E-state index is -1.04. The van der Waals surface area contributed by atoms with Crippen LogP contribution in [0, 0.1) is 0 Å². The van der Waals surface area contributed by atoms with Crippen molar-refractivity contribution in [2.24, 2.45) is 0 Å². The predicted octanol–water partition coefficient (Wildman–Crippen LogP) is 3.06. The quantitative estimate of drug-likeness (QED) is 0.457. The predicted molar refractivity (Wildman–Crippen MR) is 72.5 cm³/mol. The highest BCUT2D eigenvalue weighted by Crippen LogP contribution is 2.07. The maximum absolute atomic E-state index is 11.7. The lowest BCUT2D eigenvalue weighted by Gasteiger charge is -2.21. The van der Waals surface area contributed by atoms with Gasteiger partial charge in [-0.1, -0.05) is 46.0 Å². The summed E-state index contributed by atoms with van der Waals surface area (Å²) in [6.45, 7) is 5.56. The SMILES string of the molecule is CCCCCCCCN(CCC)C(=O)CC(=O)O. The molecule has 0 aliphatic rings. The van der Waals surface area contributed by atoms with Crippen molar-refractivity contribution in [2.45, 2.75) is 65.2 Å². The summed E-state index contributed by atoms with van der Waals surface area (Å²) in [6.07, 6.45) is 7.58. The third kappa shape index (κ3) is 9.02. The molecule has 0 heterocycles. The maximum atomic E-state index is 11.7. The first-order chi connectivity index (χ1) is 8.61. The Bertz CT molecular complexity index is 241. The van der Waals surface area contributed by atoms with Crippen molar-refractivity contribution in [1.29, 1.82) is 0 Å². The van der Waals surface area contributed by atoms with Gasteiger partial charge in [0.25, 0.3) is 0 Å². The molecule has 0 saturated carbocycles. The second-order valence-electron chi connectivity index (χ2n) is 4.72. The average molecular weight is 257 g/mol. The van der Waals surface area contributed by atoms with Crippen molar-refractivity contribution in [3.05, 3.63) is 0 Å². The monoisotopic (exact) mass is 257 g/mol. The number of aliphatic carboxylic acids is 1. The molecule has 0 bridgehead atoms. The van der Waals surface area contributed by atoms with E-state index >= 15 is 0 Å². The zero-order valence-electron chi connectivity index (χ0n) is 11.8. The molecule has 0 saturated heterocycles. The summed E-state index contributed by atoms with van der Waals surface area (Å²) in [5.74, 6) is -1.29. The van der Waals surface area contributed by atoms with Crippen LogP contribution in [0.3, 0.4) is 0 Å². The highest BCUT2D eigenvalue weighted by atomic mass is 16.4. The molecule has 1 N–H and O–H groups in total. The standard InChI is InChI=1S/C14H27NO3/c1-3-5-6-7-8-9-11-15(10-4-2)13(16)12-14(17)18/h3-12H2,1-2H3,(H,17,18). The smallest absolute Gasteiger partial charge is 0.312 e. The molecule has 0 atom stereocenters. The lowest BCUT2D eigenvalue weighted by molar-refractivity contribution is -0.144. The molecule has 0 aliphatic carbocycles. The molecule has 0 spiro atoms. The van der Waals surface area contributed by atoms with Crippen LogP contribution < -0.4 is 0 Å². The summed E-state index contributed by atoms with van der Waals surface area (Å²) < 4.78 is 0. The van der Waals surface area contributed by atoms with E-state index in [1.807, 2.05) is 6.92 Å². The third-order valence-electron chi connectivity index (χ3n) is 2.93. The van der Waals surface area contributed by atoms with Gasteiger partial charge in [0, 0.05) is 13.1 Å². The largest absolute Gasteiger partial charge is 0.481 e. The van der Waals surface area contributed by atoms with E-state index in [0.717, 1.165) is 19.3 Å². The van der Waals surface area contributed by atoms with Crippen LogP contribution in [0.1, 0.15) is 65.2 Å². The van der Waals surface area contributed by atoms with Gasteiger partial charge in [-0.15, -0.1) is 0 Å². The van der Waals surface area contributed by atoms with Crippen molar-refractivity contribution in [2.75, 3.05) is 13.1 Å². The summed E-state index contributed by atoms with van der Waals surface area (Å²) >= 11 is 0. The van der Waals surface area contributed by atoms with Gasteiger partial charge in [-0.25, -0.2) is 0 Å². The van der Waals surface area contributed by atoms with Crippen molar-refractivity contribution in [3.63, 3.8) is 0 Å². The van der Waals surface area contributed by atoms with Crippen LogP contribution in [0.2, 0.25) is 0 Å². The van der Waals surface area contributed by atoms with E-state index in [9.17, 15) is 9.59 Å². The molecule has 0 fully saturated rings. The molecule has 106 valence electrons. The normalized spacial score (nSPS) is 10.3. The van der Waals surface area contributed by atoms with Crippen molar-refractivity contribution >= 4 is 11.9 Å². The summed E-state index contributed by atoms with van der Waals surface area (Å²) in [6, 6.07) is 0.